The van der Waals surface area contributed by atoms with Crippen LogP contribution in [0.5, 0.6) is 0 Å². The van der Waals surface area contributed by atoms with Gasteiger partial charge in [0, 0.05) is 0 Å². The normalized spacial score (nSPS) is 11.4. The van der Waals surface area contributed by atoms with Crippen molar-refractivity contribution in [2.75, 3.05) is 6.61 Å². The molecule has 0 aromatic heterocycles. The van der Waals surface area contributed by atoms with Crippen molar-refractivity contribution in [3.05, 3.63) is 0 Å². The van der Waals surface area contributed by atoms with Gasteiger partial charge in [-0.3, -0.25) is 4.79 Å². The number of carboxylic acids is 2. The van der Waals surface area contributed by atoms with Crippen LogP contribution in [0.4, 0.5) is 13.2 Å². The van der Waals surface area contributed by atoms with Crippen LogP contribution >= 0.6 is 0 Å². The monoisotopic (exact) mass is 247 g/mol. The molecule has 0 saturated heterocycles. The van der Waals surface area contributed by atoms with Crippen LogP contribution in [0.1, 0.15) is 13.8 Å². The van der Waals surface area contributed by atoms with E-state index in [0.29, 0.717) is 0 Å². The van der Waals surface area contributed by atoms with E-state index in [0.717, 1.165) is 0 Å². The van der Waals surface area contributed by atoms with Crippen molar-refractivity contribution < 1.29 is 37.8 Å². The molecule has 0 rings (SSSR count). The van der Waals surface area contributed by atoms with E-state index >= 15 is 0 Å². The molecule has 0 amide bonds. The Labute approximate surface area is 88.8 Å². The van der Waals surface area contributed by atoms with E-state index < -0.39 is 23.5 Å². The zero-order chi connectivity index (χ0) is 13.6. The van der Waals surface area contributed by atoms with E-state index in [-0.39, 0.29) is 6.61 Å². The van der Waals surface area contributed by atoms with Gasteiger partial charge in [0.1, 0.15) is 0 Å². The molecule has 0 heterocycles. The highest BCUT2D eigenvalue weighted by atomic mass is 19.4. The summed E-state index contributed by atoms with van der Waals surface area (Å²) in [6.07, 6.45) is -5.08. The Kier molecular flexibility index (Phi) is 6.70. The molecule has 0 atom stereocenters. The summed E-state index contributed by atoms with van der Waals surface area (Å²) in [5.74, 6) is 1.02. The van der Waals surface area contributed by atoms with Crippen molar-refractivity contribution in [2.45, 2.75) is 20.0 Å². The number of aliphatic carboxylic acids is 2. The smallest absolute Gasteiger partial charge is 0.481 e. The third kappa shape index (κ3) is 8.00. The highest BCUT2D eigenvalue weighted by molar-refractivity contribution is 5.73. The number of rotatable bonds is 3. The average molecular weight is 247 g/mol. The lowest BCUT2D eigenvalue weighted by Gasteiger charge is -2.15. The Morgan fingerprint density at radius 3 is 1.56 bits per heavy atom. The first kappa shape index (κ1) is 17.1. The third-order valence-electron chi connectivity index (χ3n) is 1.27. The zero-order valence-corrected chi connectivity index (χ0v) is 8.54. The largest absolute Gasteiger partial charge is 0.490 e. The second kappa shape index (κ2) is 6.28. The van der Waals surface area contributed by atoms with Gasteiger partial charge in [-0.25, -0.2) is 10.7 Å². The van der Waals surface area contributed by atoms with Crippen molar-refractivity contribution in [1.82, 2.24) is 0 Å². The molecule has 4 N–H and O–H groups in total. The maximum absolute atomic E-state index is 10.6. The Hall–Kier alpha value is -1.35. The molecule has 96 valence electrons. The SMILES string of the molecule is CC(C)(CON)C(=O)O.O=C(O)C(F)(F)F. The Morgan fingerprint density at radius 2 is 1.50 bits per heavy atom. The summed E-state index contributed by atoms with van der Waals surface area (Å²) in [6.45, 7) is 3.12. The number of nitrogens with two attached hydrogens (primary N) is 1. The predicted octanol–water partition coefficient (Wildman–Crippen LogP) is 0.621. The summed E-state index contributed by atoms with van der Waals surface area (Å²) < 4.78 is 31.7. The molecule has 0 fully saturated rings. The topological polar surface area (TPSA) is 110 Å². The third-order valence-corrected chi connectivity index (χ3v) is 1.27. The quantitative estimate of drug-likeness (QED) is 0.630. The molecule has 9 heteroatoms. The number of halogens is 3. The predicted molar refractivity (Wildman–Crippen MR) is 45.2 cm³/mol. The van der Waals surface area contributed by atoms with Crippen molar-refractivity contribution in [3.63, 3.8) is 0 Å². The summed E-state index contributed by atoms with van der Waals surface area (Å²) in [6, 6.07) is 0. The molecular weight excluding hydrogens is 235 g/mol. The molecule has 0 aromatic carbocycles. The van der Waals surface area contributed by atoms with Gasteiger partial charge >= 0.3 is 18.1 Å². The number of carbonyl (C=O) groups is 2. The lowest BCUT2D eigenvalue weighted by molar-refractivity contribution is -0.192. The van der Waals surface area contributed by atoms with Crippen LogP contribution in [-0.2, 0) is 14.4 Å². The van der Waals surface area contributed by atoms with Crippen molar-refractivity contribution in [1.29, 1.82) is 0 Å². The number of hydrogen-bond acceptors (Lipinski definition) is 4. The van der Waals surface area contributed by atoms with Crippen LogP contribution in [-0.4, -0.2) is 34.9 Å². The van der Waals surface area contributed by atoms with Gasteiger partial charge in [-0.1, -0.05) is 0 Å². The lowest BCUT2D eigenvalue weighted by atomic mass is 9.96. The van der Waals surface area contributed by atoms with E-state index in [2.05, 4.69) is 10.7 Å². The van der Waals surface area contributed by atoms with E-state index in [1.807, 2.05) is 0 Å². The minimum absolute atomic E-state index is 0.0301. The van der Waals surface area contributed by atoms with E-state index in [4.69, 9.17) is 15.0 Å². The second-order valence-corrected chi connectivity index (χ2v) is 3.30. The van der Waals surface area contributed by atoms with Gasteiger partial charge in [0.15, 0.2) is 0 Å². The molecule has 6 nitrogen and oxygen atoms in total. The van der Waals surface area contributed by atoms with Crippen LogP contribution in [0.3, 0.4) is 0 Å². The summed E-state index contributed by atoms with van der Waals surface area (Å²) >= 11 is 0. The second-order valence-electron chi connectivity index (χ2n) is 3.30. The fourth-order valence-electron chi connectivity index (χ4n) is 0.270. The minimum Gasteiger partial charge on any atom is -0.481 e. The average Bonchev–Trinajstić information content (AvgIpc) is 2.02. The summed E-state index contributed by atoms with van der Waals surface area (Å²) in [4.78, 5) is 23.4. The van der Waals surface area contributed by atoms with Crippen LogP contribution in [0, 0.1) is 5.41 Å². The fraction of sp³-hybridized carbons (Fsp3) is 0.714. The lowest BCUT2D eigenvalue weighted by Crippen LogP contribution is -2.30. The van der Waals surface area contributed by atoms with Crippen LogP contribution in [0.15, 0.2) is 0 Å². The molecule has 0 radical (unpaired) electrons. The van der Waals surface area contributed by atoms with Gasteiger partial charge in [0.2, 0.25) is 0 Å². The molecule has 0 bridgehead atoms. The molecule has 0 aliphatic heterocycles. The molecule has 16 heavy (non-hydrogen) atoms. The number of alkyl halides is 3. The fourth-order valence-corrected chi connectivity index (χ4v) is 0.270. The Morgan fingerprint density at radius 1 is 1.19 bits per heavy atom. The molecule has 0 saturated carbocycles. The first-order valence-electron chi connectivity index (χ1n) is 3.80. The molecular formula is C7H12F3NO5. The standard InChI is InChI=1S/C5H11NO3.C2HF3O2/c1-5(2,3-9-6)4(7)8;3-2(4,5)1(6)7/h3,6H2,1-2H3,(H,7,8);(H,6,7). The van der Waals surface area contributed by atoms with Crippen LogP contribution in [0.2, 0.25) is 0 Å². The molecule has 0 unspecified atom stereocenters. The number of hydrogen-bond donors (Lipinski definition) is 3. The van der Waals surface area contributed by atoms with Gasteiger partial charge < -0.3 is 15.1 Å². The molecule has 0 aromatic rings. The van der Waals surface area contributed by atoms with Crippen LogP contribution in [0.25, 0.3) is 0 Å². The minimum atomic E-state index is -5.08. The maximum atomic E-state index is 10.6. The van der Waals surface area contributed by atoms with E-state index in [1.165, 1.54) is 0 Å². The van der Waals surface area contributed by atoms with Crippen LogP contribution < -0.4 is 5.90 Å². The summed E-state index contributed by atoms with van der Waals surface area (Å²) in [7, 11) is 0. The zero-order valence-electron chi connectivity index (χ0n) is 8.54. The Balaban J connectivity index is 0. The van der Waals surface area contributed by atoms with Gasteiger partial charge in [0.05, 0.1) is 12.0 Å². The molecule has 0 aliphatic rings. The highest BCUT2D eigenvalue weighted by Crippen LogP contribution is 2.14. The number of carboxylic acid groups (broad SMARTS) is 2. The van der Waals surface area contributed by atoms with Gasteiger partial charge in [-0.15, -0.1) is 0 Å². The van der Waals surface area contributed by atoms with Gasteiger partial charge in [-0.2, -0.15) is 13.2 Å². The van der Waals surface area contributed by atoms with Crippen molar-refractivity contribution in [2.24, 2.45) is 11.3 Å². The Bertz CT molecular complexity index is 251. The van der Waals surface area contributed by atoms with Gasteiger partial charge in [0.25, 0.3) is 0 Å². The van der Waals surface area contributed by atoms with Crippen molar-refractivity contribution in [3.8, 4) is 0 Å². The van der Waals surface area contributed by atoms with E-state index in [9.17, 15) is 18.0 Å². The molecule has 0 aliphatic carbocycles. The summed E-state index contributed by atoms with van der Waals surface area (Å²) in [5, 5.41) is 15.6. The molecule has 0 spiro atoms. The summed E-state index contributed by atoms with van der Waals surface area (Å²) in [5.41, 5.74) is -0.880. The first-order chi connectivity index (χ1) is 6.95. The van der Waals surface area contributed by atoms with E-state index in [1.54, 1.807) is 13.8 Å². The highest BCUT2D eigenvalue weighted by Gasteiger charge is 2.38. The maximum Gasteiger partial charge on any atom is 0.490 e. The first-order valence-corrected chi connectivity index (χ1v) is 3.80. The van der Waals surface area contributed by atoms with Gasteiger partial charge in [-0.05, 0) is 13.8 Å². The van der Waals surface area contributed by atoms with Crippen molar-refractivity contribution >= 4 is 11.9 Å².